The standard InChI is InChI=1S/C18H21N3O4/c1-23-14-3-4-15(16(11-14)24-2)18(22)21-9-6-13(7-10-21)25-17-5-8-19-12-20-17/h3-5,8,11-13H,6-7,9-10H2,1-2H3. The molecule has 1 fully saturated rings. The molecule has 0 unspecified atom stereocenters. The van der Waals surface area contributed by atoms with Gasteiger partial charge < -0.3 is 19.1 Å². The van der Waals surface area contributed by atoms with Crippen molar-refractivity contribution in [3.05, 3.63) is 42.4 Å². The third kappa shape index (κ3) is 3.99. The number of ether oxygens (including phenoxy) is 3. The molecule has 1 aliphatic rings. The van der Waals surface area contributed by atoms with Gasteiger partial charge in [0.15, 0.2) is 0 Å². The summed E-state index contributed by atoms with van der Waals surface area (Å²) < 4.78 is 16.3. The van der Waals surface area contributed by atoms with E-state index in [0.717, 1.165) is 12.8 Å². The van der Waals surface area contributed by atoms with E-state index in [2.05, 4.69) is 9.97 Å². The summed E-state index contributed by atoms with van der Waals surface area (Å²) in [5.74, 6) is 1.70. The Morgan fingerprint density at radius 3 is 2.60 bits per heavy atom. The lowest BCUT2D eigenvalue weighted by Gasteiger charge is -2.32. The number of methoxy groups -OCH3 is 2. The van der Waals surface area contributed by atoms with E-state index in [4.69, 9.17) is 14.2 Å². The summed E-state index contributed by atoms with van der Waals surface area (Å²) in [5, 5.41) is 0. The normalized spacial score (nSPS) is 14.9. The second-order valence-electron chi connectivity index (χ2n) is 5.72. The highest BCUT2D eigenvalue weighted by molar-refractivity contribution is 5.97. The highest BCUT2D eigenvalue weighted by Gasteiger charge is 2.26. The zero-order valence-electron chi connectivity index (χ0n) is 14.3. The van der Waals surface area contributed by atoms with Crippen molar-refractivity contribution in [1.29, 1.82) is 0 Å². The van der Waals surface area contributed by atoms with E-state index < -0.39 is 0 Å². The molecule has 0 saturated carbocycles. The number of carbonyl (C=O) groups is 1. The van der Waals surface area contributed by atoms with Crippen LogP contribution in [0.25, 0.3) is 0 Å². The van der Waals surface area contributed by atoms with Crippen LogP contribution in [0.3, 0.4) is 0 Å². The predicted octanol–water partition coefficient (Wildman–Crippen LogP) is 2.18. The van der Waals surface area contributed by atoms with Crippen molar-refractivity contribution in [2.24, 2.45) is 0 Å². The molecule has 7 nitrogen and oxygen atoms in total. The van der Waals surface area contributed by atoms with Crippen molar-refractivity contribution in [3.8, 4) is 17.4 Å². The molecule has 7 heteroatoms. The Kier molecular flexibility index (Phi) is 5.33. The third-order valence-electron chi connectivity index (χ3n) is 4.21. The molecule has 1 aromatic heterocycles. The van der Waals surface area contributed by atoms with Crippen LogP contribution < -0.4 is 14.2 Å². The van der Waals surface area contributed by atoms with Crippen molar-refractivity contribution < 1.29 is 19.0 Å². The second-order valence-corrected chi connectivity index (χ2v) is 5.72. The fourth-order valence-corrected chi connectivity index (χ4v) is 2.84. The van der Waals surface area contributed by atoms with Crippen molar-refractivity contribution >= 4 is 5.91 Å². The lowest BCUT2D eigenvalue weighted by Crippen LogP contribution is -2.42. The number of amides is 1. The van der Waals surface area contributed by atoms with Gasteiger partial charge in [-0.2, -0.15) is 0 Å². The molecule has 2 heterocycles. The Morgan fingerprint density at radius 1 is 1.16 bits per heavy atom. The number of nitrogens with zero attached hydrogens (tertiary/aromatic N) is 3. The topological polar surface area (TPSA) is 73.8 Å². The van der Waals surface area contributed by atoms with Crippen LogP contribution in [0.15, 0.2) is 36.8 Å². The molecule has 3 rings (SSSR count). The van der Waals surface area contributed by atoms with E-state index >= 15 is 0 Å². The van der Waals surface area contributed by atoms with Gasteiger partial charge in [-0.3, -0.25) is 4.79 Å². The second kappa shape index (κ2) is 7.83. The minimum Gasteiger partial charge on any atom is -0.497 e. The minimum absolute atomic E-state index is 0.0417. The first kappa shape index (κ1) is 17.0. The molecule has 0 aliphatic carbocycles. The molecular weight excluding hydrogens is 322 g/mol. The molecule has 132 valence electrons. The maximum Gasteiger partial charge on any atom is 0.257 e. The SMILES string of the molecule is COc1ccc(C(=O)N2CCC(Oc3ccncn3)CC2)c(OC)c1. The smallest absolute Gasteiger partial charge is 0.257 e. The van der Waals surface area contributed by atoms with Crippen molar-refractivity contribution in [2.45, 2.75) is 18.9 Å². The molecule has 0 atom stereocenters. The Bertz CT molecular complexity index is 716. The Balaban J connectivity index is 1.62. The number of benzene rings is 1. The van der Waals surface area contributed by atoms with Gasteiger partial charge in [0, 0.05) is 44.3 Å². The van der Waals surface area contributed by atoms with Gasteiger partial charge in [0.1, 0.15) is 23.9 Å². The molecule has 1 aliphatic heterocycles. The van der Waals surface area contributed by atoms with Gasteiger partial charge in [-0.15, -0.1) is 0 Å². The molecule has 1 saturated heterocycles. The summed E-state index contributed by atoms with van der Waals surface area (Å²) in [7, 11) is 3.13. The highest BCUT2D eigenvalue weighted by atomic mass is 16.5. The van der Waals surface area contributed by atoms with Gasteiger partial charge in [0.05, 0.1) is 19.8 Å². The number of carbonyl (C=O) groups excluding carboxylic acids is 1. The number of hydrogen-bond acceptors (Lipinski definition) is 6. The number of hydrogen-bond donors (Lipinski definition) is 0. The van der Waals surface area contributed by atoms with Gasteiger partial charge in [0.2, 0.25) is 5.88 Å². The average molecular weight is 343 g/mol. The van der Waals surface area contributed by atoms with Crippen LogP contribution in [0.5, 0.6) is 17.4 Å². The Hall–Kier alpha value is -2.83. The molecule has 0 bridgehead atoms. The summed E-state index contributed by atoms with van der Waals surface area (Å²) in [6.45, 7) is 1.26. The summed E-state index contributed by atoms with van der Waals surface area (Å²) in [4.78, 5) is 22.6. The number of aromatic nitrogens is 2. The fourth-order valence-electron chi connectivity index (χ4n) is 2.84. The molecule has 2 aromatic rings. The fraction of sp³-hybridized carbons (Fsp3) is 0.389. The van der Waals surface area contributed by atoms with Gasteiger partial charge in [-0.05, 0) is 12.1 Å². The van der Waals surface area contributed by atoms with Gasteiger partial charge in [-0.25, -0.2) is 9.97 Å². The van der Waals surface area contributed by atoms with E-state index in [0.29, 0.717) is 36.0 Å². The molecule has 0 N–H and O–H groups in total. The van der Waals surface area contributed by atoms with Crippen molar-refractivity contribution in [3.63, 3.8) is 0 Å². The third-order valence-corrected chi connectivity index (χ3v) is 4.21. The zero-order chi connectivity index (χ0) is 17.6. The quantitative estimate of drug-likeness (QED) is 0.828. The molecule has 1 aromatic carbocycles. The van der Waals surface area contributed by atoms with Crippen molar-refractivity contribution in [2.75, 3.05) is 27.3 Å². The monoisotopic (exact) mass is 343 g/mol. The average Bonchev–Trinajstić information content (AvgIpc) is 2.68. The van der Waals surface area contributed by atoms with E-state index in [1.807, 2.05) is 4.90 Å². The summed E-state index contributed by atoms with van der Waals surface area (Å²) in [5.41, 5.74) is 0.540. The predicted molar refractivity (Wildman–Crippen MR) is 91.1 cm³/mol. The van der Waals surface area contributed by atoms with Crippen LogP contribution >= 0.6 is 0 Å². The number of likely N-dealkylation sites (tertiary alicyclic amines) is 1. The first-order valence-electron chi connectivity index (χ1n) is 8.15. The first-order valence-corrected chi connectivity index (χ1v) is 8.15. The van der Waals surface area contributed by atoms with E-state index in [-0.39, 0.29) is 12.0 Å². The van der Waals surface area contributed by atoms with Gasteiger partial charge in [-0.1, -0.05) is 0 Å². The van der Waals surface area contributed by atoms with E-state index in [9.17, 15) is 4.79 Å². The van der Waals surface area contributed by atoms with Crippen LogP contribution in [-0.4, -0.2) is 54.2 Å². The molecule has 1 amide bonds. The highest BCUT2D eigenvalue weighted by Crippen LogP contribution is 2.27. The van der Waals surface area contributed by atoms with E-state index in [1.54, 1.807) is 44.7 Å². The van der Waals surface area contributed by atoms with Crippen LogP contribution in [0, 0.1) is 0 Å². The van der Waals surface area contributed by atoms with Gasteiger partial charge >= 0.3 is 0 Å². The molecule has 25 heavy (non-hydrogen) atoms. The molecule has 0 radical (unpaired) electrons. The van der Waals surface area contributed by atoms with Gasteiger partial charge in [0.25, 0.3) is 5.91 Å². The first-order chi connectivity index (χ1) is 12.2. The lowest BCUT2D eigenvalue weighted by molar-refractivity contribution is 0.0585. The Labute approximate surface area is 146 Å². The summed E-state index contributed by atoms with van der Waals surface area (Å²) >= 11 is 0. The largest absolute Gasteiger partial charge is 0.497 e. The van der Waals surface area contributed by atoms with Crippen molar-refractivity contribution in [1.82, 2.24) is 14.9 Å². The lowest BCUT2D eigenvalue weighted by atomic mass is 10.1. The minimum atomic E-state index is -0.0417. The molecule has 0 spiro atoms. The summed E-state index contributed by atoms with van der Waals surface area (Å²) in [6.07, 6.45) is 4.68. The maximum absolute atomic E-state index is 12.8. The zero-order valence-corrected chi connectivity index (χ0v) is 14.3. The van der Waals surface area contributed by atoms with Crippen LogP contribution in [0.4, 0.5) is 0 Å². The van der Waals surface area contributed by atoms with Crippen LogP contribution in [0.1, 0.15) is 23.2 Å². The van der Waals surface area contributed by atoms with Crippen LogP contribution in [-0.2, 0) is 0 Å². The maximum atomic E-state index is 12.8. The van der Waals surface area contributed by atoms with Crippen LogP contribution in [0.2, 0.25) is 0 Å². The number of piperidine rings is 1. The van der Waals surface area contributed by atoms with E-state index in [1.165, 1.54) is 6.33 Å². The molecular formula is C18H21N3O4. The summed E-state index contributed by atoms with van der Waals surface area (Å²) in [6, 6.07) is 6.96. The Morgan fingerprint density at radius 2 is 1.96 bits per heavy atom. The number of rotatable bonds is 5.